The van der Waals surface area contributed by atoms with Gasteiger partial charge in [-0.3, -0.25) is 4.90 Å². The van der Waals surface area contributed by atoms with Gasteiger partial charge in [0.2, 0.25) is 0 Å². The van der Waals surface area contributed by atoms with E-state index < -0.39 is 0 Å². The maximum absolute atomic E-state index is 9.60. The highest BCUT2D eigenvalue weighted by atomic mass is 16.3. The zero-order valence-electron chi connectivity index (χ0n) is 11.3. The average Bonchev–Trinajstić information content (AvgIpc) is 2.78. The van der Waals surface area contributed by atoms with Crippen molar-refractivity contribution in [2.45, 2.75) is 32.9 Å². The number of rotatable bonds is 5. The van der Waals surface area contributed by atoms with Crippen molar-refractivity contribution in [2.24, 2.45) is 5.92 Å². The second-order valence-electron chi connectivity index (χ2n) is 5.07. The molecule has 0 spiro atoms. The number of anilines is 1. The Hall–Kier alpha value is -1.13. The van der Waals surface area contributed by atoms with Crippen molar-refractivity contribution in [3.8, 4) is 0 Å². The lowest BCUT2D eigenvalue weighted by molar-refractivity contribution is 0.127. The molecule has 18 heavy (non-hydrogen) atoms. The molecule has 4 nitrogen and oxygen atoms in total. The Labute approximate surface area is 109 Å². The van der Waals surface area contributed by atoms with E-state index in [2.05, 4.69) is 28.2 Å². The SMILES string of the molecule is CCNc1cccc(CN2CCC(C(C)O)C2)n1. The first kappa shape index (κ1) is 13.3. The van der Waals surface area contributed by atoms with Crippen LogP contribution in [0.15, 0.2) is 18.2 Å². The molecule has 2 rings (SSSR count). The summed E-state index contributed by atoms with van der Waals surface area (Å²) in [4.78, 5) is 6.95. The van der Waals surface area contributed by atoms with Crippen molar-refractivity contribution < 1.29 is 5.11 Å². The van der Waals surface area contributed by atoms with Crippen LogP contribution in [0.25, 0.3) is 0 Å². The van der Waals surface area contributed by atoms with Crippen LogP contribution in [-0.2, 0) is 6.54 Å². The first-order valence-corrected chi connectivity index (χ1v) is 6.79. The van der Waals surface area contributed by atoms with Crippen LogP contribution in [0.2, 0.25) is 0 Å². The lowest BCUT2D eigenvalue weighted by Crippen LogP contribution is -2.24. The van der Waals surface area contributed by atoms with Crippen molar-refractivity contribution in [1.29, 1.82) is 0 Å². The molecule has 4 heteroatoms. The van der Waals surface area contributed by atoms with Gasteiger partial charge >= 0.3 is 0 Å². The Morgan fingerprint density at radius 3 is 3.06 bits per heavy atom. The molecular weight excluding hydrogens is 226 g/mol. The summed E-state index contributed by atoms with van der Waals surface area (Å²) >= 11 is 0. The second-order valence-corrected chi connectivity index (χ2v) is 5.07. The number of pyridine rings is 1. The van der Waals surface area contributed by atoms with Crippen LogP contribution in [0, 0.1) is 5.92 Å². The van der Waals surface area contributed by atoms with Crippen molar-refractivity contribution in [2.75, 3.05) is 25.0 Å². The second kappa shape index (κ2) is 6.16. The number of hydrogen-bond acceptors (Lipinski definition) is 4. The zero-order chi connectivity index (χ0) is 13.0. The molecule has 1 aliphatic rings. The minimum atomic E-state index is -0.198. The number of aromatic nitrogens is 1. The molecule has 0 radical (unpaired) electrons. The quantitative estimate of drug-likeness (QED) is 0.834. The molecule has 1 saturated heterocycles. The van der Waals surface area contributed by atoms with Gasteiger partial charge in [0.25, 0.3) is 0 Å². The van der Waals surface area contributed by atoms with E-state index in [1.165, 1.54) is 0 Å². The highest BCUT2D eigenvalue weighted by Gasteiger charge is 2.25. The number of aliphatic hydroxyl groups excluding tert-OH is 1. The smallest absolute Gasteiger partial charge is 0.126 e. The Morgan fingerprint density at radius 2 is 2.39 bits per heavy atom. The lowest BCUT2D eigenvalue weighted by atomic mass is 10.0. The highest BCUT2D eigenvalue weighted by molar-refractivity contribution is 5.34. The van der Waals surface area contributed by atoms with Gasteiger partial charge < -0.3 is 10.4 Å². The molecule has 2 N–H and O–H groups in total. The van der Waals surface area contributed by atoms with Crippen molar-refractivity contribution >= 4 is 5.82 Å². The first-order chi connectivity index (χ1) is 8.69. The molecule has 0 aliphatic carbocycles. The molecule has 1 aliphatic heterocycles. The van der Waals surface area contributed by atoms with E-state index >= 15 is 0 Å². The third kappa shape index (κ3) is 3.43. The van der Waals surface area contributed by atoms with E-state index in [1.807, 2.05) is 19.1 Å². The van der Waals surface area contributed by atoms with Gasteiger partial charge in [-0.25, -0.2) is 4.98 Å². The number of nitrogens with zero attached hydrogens (tertiary/aromatic N) is 2. The van der Waals surface area contributed by atoms with Crippen LogP contribution < -0.4 is 5.32 Å². The van der Waals surface area contributed by atoms with Gasteiger partial charge in [0.05, 0.1) is 11.8 Å². The van der Waals surface area contributed by atoms with Gasteiger partial charge in [-0.1, -0.05) is 6.07 Å². The van der Waals surface area contributed by atoms with Crippen LogP contribution in [0.1, 0.15) is 26.0 Å². The molecule has 1 aromatic heterocycles. The number of likely N-dealkylation sites (tertiary alicyclic amines) is 1. The predicted molar refractivity (Wildman–Crippen MR) is 73.5 cm³/mol. The minimum Gasteiger partial charge on any atom is -0.393 e. The molecule has 0 amide bonds. The molecule has 0 aromatic carbocycles. The standard InChI is InChI=1S/C14H23N3O/c1-3-15-14-6-4-5-13(16-14)10-17-8-7-12(9-17)11(2)18/h4-6,11-12,18H,3,7-10H2,1-2H3,(H,15,16). The van der Waals surface area contributed by atoms with Crippen molar-refractivity contribution in [1.82, 2.24) is 9.88 Å². The Kier molecular flexibility index (Phi) is 4.55. The van der Waals surface area contributed by atoms with E-state index in [-0.39, 0.29) is 6.10 Å². The lowest BCUT2D eigenvalue weighted by Gasteiger charge is -2.17. The van der Waals surface area contributed by atoms with Crippen LogP contribution in [-0.4, -0.2) is 40.7 Å². The van der Waals surface area contributed by atoms with Gasteiger partial charge in [-0.05, 0) is 44.9 Å². The van der Waals surface area contributed by atoms with Gasteiger partial charge in [0.1, 0.15) is 5.82 Å². The zero-order valence-corrected chi connectivity index (χ0v) is 11.3. The molecule has 100 valence electrons. The normalized spacial score (nSPS) is 22.1. The third-order valence-electron chi connectivity index (χ3n) is 3.54. The van der Waals surface area contributed by atoms with Gasteiger partial charge in [-0.2, -0.15) is 0 Å². The summed E-state index contributed by atoms with van der Waals surface area (Å²) in [5.41, 5.74) is 1.10. The summed E-state index contributed by atoms with van der Waals surface area (Å²) < 4.78 is 0. The van der Waals surface area contributed by atoms with Crippen molar-refractivity contribution in [3.05, 3.63) is 23.9 Å². The van der Waals surface area contributed by atoms with Crippen LogP contribution in [0.5, 0.6) is 0 Å². The van der Waals surface area contributed by atoms with E-state index in [4.69, 9.17) is 0 Å². The van der Waals surface area contributed by atoms with Crippen molar-refractivity contribution in [3.63, 3.8) is 0 Å². The Bertz CT molecular complexity index is 381. The number of aliphatic hydroxyl groups is 1. The maximum Gasteiger partial charge on any atom is 0.126 e. The topological polar surface area (TPSA) is 48.4 Å². The fourth-order valence-electron chi connectivity index (χ4n) is 2.48. The van der Waals surface area contributed by atoms with E-state index in [1.54, 1.807) is 0 Å². The number of hydrogen-bond donors (Lipinski definition) is 2. The fraction of sp³-hybridized carbons (Fsp3) is 0.643. The summed E-state index contributed by atoms with van der Waals surface area (Å²) in [5.74, 6) is 1.36. The predicted octanol–water partition coefficient (Wildman–Crippen LogP) is 1.72. The summed E-state index contributed by atoms with van der Waals surface area (Å²) in [7, 11) is 0. The number of nitrogens with one attached hydrogen (secondary N) is 1. The molecule has 0 saturated carbocycles. The fourth-order valence-corrected chi connectivity index (χ4v) is 2.48. The molecule has 0 bridgehead atoms. The molecule has 1 fully saturated rings. The maximum atomic E-state index is 9.60. The van der Waals surface area contributed by atoms with Gasteiger partial charge in [0, 0.05) is 19.6 Å². The monoisotopic (exact) mass is 249 g/mol. The van der Waals surface area contributed by atoms with E-state index in [9.17, 15) is 5.11 Å². The summed E-state index contributed by atoms with van der Waals surface area (Å²) in [6, 6.07) is 6.11. The minimum absolute atomic E-state index is 0.198. The summed E-state index contributed by atoms with van der Waals surface area (Å²) in [6.45, 7) is 7.76. The molecule has 1 aromatic rings. The molecule has 2 heterocycles. The summed E-state index contributed by atoms with van der Waals surface area (Å²) in [6.07, 6.45) is 0.890. The molecule has 2 unspecified atom stereocenters. The third-order valence-corrected chi connectivity index (χ3v) is 3.54. The molecule has 2 atom stereocenters. The molecular formula is C14H23N3O. The first-order valence-electron chi connectivity index (χ1n) is 6.79. The van der Waals surface area contributed by atoms with E-state index in [0.717, 1.165) is 44.1 Å². The van der Waals surface area contributed by atoms with Crippen LogP contribution in [0.3, 0.4) is 0 Å². The Balaban J connectivity index is 1.92. The van der Waals surface area contributed by atoms with E-state index in [0.29, 0.717) is 5.92 Å². The van der Waals surface area contributed by atoms with Gasteiger partial charge in [0.15, 0.2) is 0 Å². The largest absolute Gasteiger partial charge is 0.393 e. The van der Waals surface area contributed by atoms with Crippen LogP contribution in [0.4, 0.5) is 5.82 Å². The Morgan fingerprint density at radius 1 is 1.56 bits per heavy atom. The highest BCUT2D eigenvalue weighted by Crippen LogP contribution is 2.21. The average molecular weight is 249 g/mol. The van der Waals surface area contributed by atoms with Crippen LogP contribution >= 0.6 is 0 Å². The van der Waals surface area contributed by atoms with Gasteiger partial charge in [-0.15, -0.1) is 0 Å². The summed E-state index contributed by atoms with van der Waals surface area (Å²) in [5, 5.41) is 12.8.